The van der Waals surface area contributed by atoms with Crippen LogP contribution in [0.25, 0.3) is 10.9 Å². The van der Waals surface area contributed by atoms with Crippen molar-refractivity contribution in [2.24, 2.45) is 0 Å². The van der Waals surface area contributed by atoms with E-state index >= 15 is 0 Å². The molecule has 2 N–H and O–H groups in total. The van der Waals surface area contributed by atoms with Crippen LogP contribution in [0.5, 0.6) is 0 Å². The van der Waals surface area contributed by atoms with Crippen molar-refractivity contribution in [3.8, 4) is 0 Å². The van der Waals surface area contributed by atoms with E-state index in [4.69, 9.17) is 0 Å². The van der Waals surface area contributed by atoms with Crippen molar-refractivity contribution in [2.75, 3.05) is 11.1 Å². The number of nitrogens with zero attached hydrogens (tertiary/aromatic N) is 2. The fourth-order valence-electron chi connectivity index (χ4n) is 4.68. The Morgan fingerprint density at radius 2 is 1.79 bits per heavy atom. The van der Waals surface area contributed by atoms with Crippen molar-refractivity contribution in [2.45, 2.75) is 50.4 Å². The van der Waals surface area contributed by atoms with E-state index in [0.29, 0.717) is 32.9 Å². The molecule has 0 saturated heterocycles. The summed E-state index contributed by atoms with van der Waals surface area (Å²) < 4.78 is 15.4. The number of carbonyl (C=O) groups excluding carboxylic acids is 2. The molecule has 1 fully saturated rings. The summed E-state index contributed by atoms with van der Waals surface area (Å²) in [5.74, 6) is -0.836. The highest BCUT2D eigenvalue weighted by molar-refractivity contribution is 7.99. The fraction of sp³-hybridized carbons (Fsp3) is 0.267. The molecule has 4 aromatic rings. The number of aromatic nitrogens is 2. The molecule has 0 aliphatic heterocycles. The van der Waals surface area contributed by atoms with Gasteiger partial charge in [0.05, 0.1) is 23.2 Å². The summed E-state index contributed by atoms with van der Waals surface area (Å²) >= 11 is 1.14. The number of para-hydroxylation sites is 1. The first-order valence-corrected chi connectivity index (χ1v) is 13.9. The van der Waals surface area contributed by atoms with E-state index in [1.165, 1.54) is 6.07 Å². The van der Waals surface area contributed by atoms with Gasteiger partial charge in [-0.25, -0.2) is 9.37 Å². The highest BCUT2D eigenvalue weighted by Gasteiger charge is 2.18. The maximum absolute atomic E-state index is 13.9. The molecule has 7 nitrogen and oxygen atoms in total. The van der Waals surface area contributed by atoms with Gasteiger partial charge in [0, 0.05) is 17.3 Å². The normalized spacial score (nSPS) is 13.5. The molecular formula is C30H29FN4O3S. The second-order valence-electron chi connectivity index (χ2n) is 9.76. The predicted octanol–water partition coefficient (Wildman–Crippen LogP) is 5.30. The van der Waals surface area contributed by atoms with E-state index in [1.54, 1.807) is 54.0 Å². The van der Waals surface area contributed by atoms with Gasteiger partial charge < -0.3 is 10.6 Å². The molecule has 200 valence electrons. The van der Waals surface area contributed by atoms with Gasteiger partial charge in [-0.15, -0.1) is 0 Å². The Balaban J connectivity index is 1.34. The van der Waals surface area contributed by atoms with Crippen LogP contribution in [-0.2, 0) is 11.3 Å². The summed E-state index contributed by atoms with van der Waals surface area (Å²) in [6.45, 7) is 1.88. The van der Waals surface area contributed by atoms with Gasteiger partial charge in [0.2, 0.25) is 5.91 Å². The van der Waals surface area contributed by atoms with Gasteiger partial charge >= 0.3 is 0 Å². The standard InChI is InChI=1S/C30H29FN4O3S/c1-19-10-15-23(16-25(19)31)32-27(36)18-39-30-34-26-9-5-4-8-24(26)29(38)35(30)17-20-11-13-21(14-12-20)28(37)33-22-6-2-3-7-22/h4-5,8-16,22H,2-3,6-7,17-18H2,1H3,(H,32,36)(H,33,37). The molecule has 1 aliphatic rings. The lowest BCUT2D eigenvalue weighted by Crippen LogP contribution is -2.32. The number of halogens is 1. The topological polar surface area (TPSA) is 93.1 Å². The van der Waals surface area contributed by atoms with Crippen LogP contribution in [0, 0.1) is 12.7 Å². The predicted molar refractivity (Wildman–Crippen MR) is 152 cm³/mol. The van der Waals surface area contributed by atoms with Gasteiger partial charge in [0.15, 0.2) is 5.16 Å². The van der Waals surface area contributed by atoms with Gasteiger partial charge in [-0.3, -0.25) is 19.0 Å². The van der Waals surface area contributed by atoms with Crippen molar-refractivity contribution in [3.05, 3.63) is 99.6 Å². The number of benzene rings is 3. The minimum absolute atomic E-state index is 0.0133. The molecular weight excluding hydrogens is 515 g/mol. The smallest absolute Gasteiger partial charge is 0.262 e. The van der Waals surface area contributed by atoms with E-state index in [9.17, 15) is 18.8 Å². The number of fused-ring (bicyclic) bond motifs is 1. The third kappa shape index (κ3) is 6.37. The van der Waals surface area contributed by atoms with Crippen LogP contribution >= 0.6 is 11.8 Å². The number of carbonyl (C=O) groups is 2. The third-order valence-electron chi connectivity index (χ3n) is 6.86. The average molecular weight is 545 g/mol. The number of aryl methyl sites for hydroxylation is 1. The molecule has 0 bridgehead atoms. The number of hydrogen-bond donors (Lipinski definition) is 2. The highest BCUT2D eigenvalue weighted by atomic mass is 32.2. The molecule has 3 aromatic carbocycles. The lowest BCUT2D eigenvalue weighted by atomic mass is 10.1. The molecule has 1 aliphatic carbocycles. The number of nitrogens with one attached hydrogen (secondary N) is 2. The summed E-state index contributed by atoms with van der Waals surface area (Å²) in [6.07, 6.45) is 4.32. The second kappa shape index (κ2) is 11.8. The summed E-state index contributed by atoms with van der Waals surface area (Å²) in [4.78, 5) is 43.3. The fourth-order valence-corrected chi connectivity index (χ4v) is 5.48. The first kappa shape index (κ1) is 26.6. The molecule has 5 rings (SSSR count). The Hall–Kier alpha value is -3.98. The Morgan fingerprint density at radius 1 is 1.05 bits per heavy atom. The molecule has 1 heterocycles. The van der Waals surface area contributed by atoms with Crippen LogP contribution in [0.4, 0.5) is 10.1 Å². The van der Waals surface area contributed by atoms with E-state index in [1.807, 2.05) is 18.2 Å². The molecule has 9 heteroatoms. The van der Waals surface area contributed by atoms with Gasteiger partial charge in [-0.2, -0.15) is 0 Å². The lowest BCUT2D eigenvalue weighted by molar-refractivity contribution is -0.113. The Morgan fingerprint density at radius 3 is 2.54 bits per heavy atom. The van der Waals surface area contributed by atoms with Crippen LogP contribution in [0.3, 0.4) is 0 Å². The largest absolute Gasteiger partial charge is 0.349 e. The van der Waals surface area contributed by atoms with Crippen molar-refractivity contribution in [1.82, 2.24) is 14.9 Å². The highest BCUT2D eigenvalue weighted by Crippen LogP contribution is 2.21. The zero-order valence-electron chi connectivity index (χ0n) is 21.6. The number of rotatable bonds is 8. The molecule has 1 saturated carbocycles. The quantitative estimate of drug-likeness (QED) is 0.232. The number of amides is 2. The molecule has 0 spiro atoms. The van der Waals surface area contributed by atoms with Gasteiger partial charge in [0.25, 0.3) is 11.5 Å². The van der Waals surface area contributed by atoms with E-state index in [2.05, 4.69) is 15.6 Å². The number of anilines is 1. The van der Waals surface area contributed by atoms with E-state index < -0.39 is 5.82 Å². The molecule has 0 atom stereocenters. The van der Waals surface area contributed by atoms with Crippen LogP contribution in [0.2, 0.25) is 0 Å². The number of hydrogen-bond acceptors (Lipinski definition) is 5. The first-order chi connectivity index (χ1) is 18.9. The zero-order chi connectivity index (χ0) is 27.4. The molecule has 0 radical (unpaired) electrons. The van der Waals surface area contributed by atoms with Gasteiger partial charge in [-0.05, 0) is 67.3 Å². The zero-order valence-corrected chi connectivity index (χ0v) is 22.4. The Bertz CT molecular complexity index is 1580. The van der Waals surface area contributed by atoms with Gasteiger partial charge in [-0.1, -0.05) is 54.9 Å². The maximum Gasteiger partial charge on any atom is 0.262 e. The lowest BCUT2D eigenvalue weighted by Gasteiger charge is -2.14. The minimum Gasteiger partial charge on any atom is -0.349 e. The number of thioether (sulfide) groups is 1. The maximum atomic E-state index is 13.9. The monoisotopic (exact) mass is 544 g/mol. The van der Waals surface area contributed by atoms with Crippen molar-refractivity contribution < 1.29 is 14.0 Å². The Kier molecular flexibility index (Phi) is 8.07. The second-order valence-corrected chi connectivity index (χ2v) is 10.7. The molecule has 0 unspecified atom stereocenters. The van der Waals surface area contributed by atoms with E-state index in [-0.39, 0.29) is 35.7 Å². The van der Waals surface area contributed by atoms with Crippen LogP contribution in [0.15, 0.2) is 76.7 Å². The van der Waals surface area contributed by atoms with E-state index in [0.717, 1.165) is 43.0 Å². The third-order valence-corrected chi connectivity index (χ3v) is 7.84. The van der Waals surface area contributed by atoms with Gasteiger partial charge in [0.1, 0.15) is 5.82 Å². The molecule has 39 heavy (non-hydrogen) atoms. The Labute approximate surface area is 229 Å². The average Bonchev–Trinajstić information content (AvgIpc) is 3.45. The summed E-state index contributed by atoms with van der Waals surface area (Å²) in [5, 5.41) is 6.65. The van der Waals surface area contributed by atoms with Crippen molar-refractivity contribution >= 4 is 40.2 Å². The summed E-state index contributed by atoms with van der Waals surface area (Å²) in [6, 6.07) is 19.0. The molecule has 1 aromatic heterocycles. The van der Waals surface area contributed by atoms with Crippen LogP contribution < -0.4 is 16.2 Å². The minimum atomic E-state index is -0.396. The van der Waals surface area contributed by atoms with Crippen LogP contribution in [0.1, 0.15) is 47.2 Å². The summed E-state index contributed by atoms with van der Waals surface area (Å²) in [7, 11) is 0. The first-order valence-electron chi connectivity index (χ1n) is 13.0. The molecule has 2 amide bonds. The van der Waals surface area contributed by atoms with Crippen molar-refractivity contribution in [3.63, 3.8) is 0 Å². The summed E-state index contributed by atoms with van der Waals surface area (Å²) in [5.41, 5.74) is 2.59. The SMILES string of the molecule is Cc1ccc(NC(=O)CSc2nc3ccccc3c(=O)n2Cc2ccc(C(=O)NC3CCCC3)cc2)cc1F. The van der Waals surface area contributed by atoms with Crippen molar-refractivity contribution in [1.29, 1.82) is 0 Å². The van der Waals surface area contributed by atoms with Crippen LogP contribution in [-0.4, -0.2) is 33.2 Å².